The van der Waals surface area contributed by atoms with Gasteiger partial charge in [-0.1, -0.05) is 18.6 Å². The molecule has 2 fully saturated rings. The van der Waals surface area contributed by atoms with Gasteiger partial charge < -0.3 is 20.3 Å². The van der Waals surface area contributed by atoms with Gasteiger partial charge >= 0.3 is 0 Å². The molecule has 6 heteroatoms. The van der Waals surface area contributed by atoms with Gasteiger partial charge in [0.25, 0.3) is 5.91 Å². The second kappa shape index (κ2) is 12.3. The summed E-state index contributed by atoms with van der Waals surface area (Å²) in [7, 11) is 1.65. The van der Waals surface area contributed by atoms with E-state index in [0.717, 1.165) is 35.4 Å². The highest BCUT2D eigenvalue weighted by Crippen LogP contribution is 2.23. The van der Waals surface area contributed by atoms with Crippen LogP contribution < -0.4 is 15.4 Å². The Kier molecular flexibility index (Phi) is 8.39. The van der Waals surface area contributed by atoms with Crippen molar-refractivity contribution in [3.05, 3.63) is 83.9 Å². The number of likely N-dealkylation sites (tertiary alicyclic amines) is 2. The molecule has 0 aliphatic carbocycles. The largest absolute Gasteiger partial charge is 0.497 e. The number of nitrogens with zero attached hydrogens (tertiary/aromatic N) is 2. The number of carbonyl (C=O) groups is 1. The predicted molar refractivity (Wildman–Crippen MR) is 151 cm³/mol. The molecule has 2 saturated heterocycles. The number of piperidine rings is 2. The number of carbonyl (C=O) groups excluding carboxylic acids is 1. The van der Waals surface area contributed by atoms with E-state index in [9.17, 15) is 4.79 Å². The summed E-state index contributed by atoms with van der Waals surface area (Å²) >= 11 is 0. The second-order valence-electron chi connectivity index (χ2n) is 10.2. The van der Waals surface area contributed by atoms with Crippen LogP contribution in [0.25, 0.3) is 0 Å². The van der Waals surface area contributed by atoms with Gasteiger partial charge in [-0.3, -0.25) is 9.69 Å². The van der Waals surface area contributed by atoms with E-state index in [1.165, 1.54) is 63.8 Å². The van der Waals surface area contributed by atoms with E-state index < -0.39 is 0 Å². The molecule has 2 aliphatic rings. The highest BCUT2D eigenvalue weighted by Gasteiger charge is 2.25. The molecule has 0 aromatic heterocycles. The van der Waals surface area contributed by atoms with Crippen LogP contribution in [0.4, 0.5) is 17.1 Å². The van der Waals surface area contributed by atoms with E-state index >= 15 is 0 Å². The van der Waals surface area contributed by atoms with Crippen molar-refractivity contribution in [2.45, 2.75) is 44.7 Å². The number of ether oxygens (including phenoxy) is 1. The van der Waals surface area contributed by atoms with Crippen LogP contribution in [-0.2, 0) is 6.54 Å². The molecule has 0 atom stereocenters. The van der Waals surface area contributed by atoms with Crippen LogP contribution in [0.3, 0.4) is 0 Å². The van der Waals surface area contributed by atoms with Crippen LogP contribution >= 0.6 is 0 Å². The fraction of sp³-hybridized carbons (Fsp3) is 0.387. The molecule has 3 aromatic carbocycles. The molecule has 1 amide bonds. The summed E-state index contributed by atoms with van der Waals surface area (Å²) in [6.07, 6.45) is 6.71. The monoisotopic (exact) mass is 498 g/mol. The second-order valence-corrected chi connectivity index (χ2v) is 10.2. The van der Waals surface area contributed by atoms with Gasteiger partial charge in [-0.25, -0.2) is 0 Å². The number of nitrogens with one attached hydrogen (secondary N) is 2. The number of hydrogen-bond acceptors (Lipinski definition) is 5. The van der Waals surface area contributed by atoms with E-state index in [4.69, 9.17) is 4.74 Å². The van der Waals surface area contributed by atoms with Gasteiger partial charge in [-0.15, -0.1) is 0 Å². The lowest BCUT2D eigenvalue weighted by Crippen LogP contribution is -2.46. The third kappa shape index (κ3) is 6.90. The number of anilines is 3. The van der Waals surface area contributed by atoms with Gasteiger partial charge in [-0.05, 0) is 118 Å². The molecule has 0 bridgehead atoms. The first-order chi connectivity index (χ1) is 18.2. The summed E-state index contributed by atoms with van der Waals surface area (Å²) in [6.45, 7) is 5.90. The summed E-state index contributed by atoms with van der Waals surface area (Å²) < 4.78 is 5.20. The van der Waals surface area contributed by atoms with Crippen molar-refractivity contribution in [2.24, 2.45) is 0 Å². The normalized spacial score (nSPS) is 17.3. The molecule has 194 valence electrons. The fourth-order valence-electron chi connectivity index (χ4n) is 5.43. The van der Waals surface area contributed by atoms with Gasteiger partial charge in [0.1, 0.15) is 5.75 Å². The summed E-state index contributed by atoms with van der Waals surface area (Å²) in [5.74, 6) is 0.710. The third-order valence-corrected chi connectivity index (χ3v) is 7.61. The van der Waals surface area contributed by atoms with Crippen molar-refractivity contribution in [1.82, 2.24) is 9.80 Å². The van der Waals surface area contributed by atoms with Gasteiger partial charge in [0.2, 0.25) is 0 Å². The zero-order valence-electron chi connectivity index (χ0n) is 21.8. The Bertz CT molecular complexity index is 1130. The first kappa shape index (κ1) is 25.3. The van der Waals surface area contributed by atoms with Crippen molar-refractivity contribution in [1.29, 1.82) is 0 Å². The molecule has 5 rings (SSSR count). The zero-order chi connectivity index (χ0) is 25.5. The molecule has 0 radical (unpaired) electrons. The maximum absolute atomic E-state index is 12.8. The lowest BCUT2D eigenvalue weighted by atomic mass is 9.99. The van der Waals surface area contributed by atoms with Gasteiger partial charge in [0, 0.05) is 35.2 Å². The number of rotatable bonds is 8. The van der Waals surface area contributed by atoms with E-state index in [1.54, 1.807) is 7.11 Å². The molecular formula is C31H38N4O2. The molecule has 3 aromatic rings. The Morgan fingerprint density at radius 2 is 1.38 bits per heavy atom. The van der Waals surface area contributed by atoms with Crippen molar-refractivity contribution < 1.29 is 9.53 Å². The topological polar surface area (TPSA) is 56.8 Å². The summed E-state index contributed by atoms with van der Waals surface area (Å²) in [5, 5.41) is 6.36. The third-order valence-electron chi connectivity index (χ3n) is 7.61. The Morgan fingerprint density at radius 1 is 0.784 bits per heavy atom. The van der Waals surface area contributed by atoms with Gasteiger partial charge in [-0.2, -0.15) is 0 Å². The first-order valence-electron chi connectivity index (χ1n) is 13.5. The Hall–Kier alpha value is -3.35. The Labute approximate surface area is 220 Å². The number of amides is 1. The smallest absolute Gasteiger partial charge is 0.255 e. The van der Waals surface area contributed by atoms with Crippen molar-refractivity contribution in [3.63, 3.8) is 0 Å². The lowest BCUT2D eigenvalue weighted by molar-refractivity contribution is 0.0896. The highest BCUT2D eigenvalue weighted by molar-refractivity contribution is 6.04. The SMILES string of the molecule is COc1ccc(Nc2ccc(C(=O)Nc3ccc(CN4CCC(N5CCCCC5)CC4)cc3)cc2)cc1. The quantitative estimate of drug-likeness (QED) is 0.391. The molecule has 37 heavy (non-hydrogen) atoms. The lowest BCUT2D eigenvalue weighted by Gasteiger charge is -2.40. The van der Waals surface area contributed by atoms with Crippen LogP contribution in [0.5, 0.6) is 5.75 Å². The summed E-state index contributed by atoms with van der Waals surface area (Å²) in [6, 6.07) is 24.3. The van der Waals surface area contributed by atoms with Crippen molar-refractivity contribution in [3.8, 4) is 5.75 Å². The highest BCUT2D eigenvalue weighted by atomic mass is 16.5. The van der Waals surface area contributed by atoms with Crippen LogP contribution in [0.1, 0.15) is 48.0 Å². The molecule has 0 spiro atoms. The average Bonchev–Trinajstić information content (AvgIpc) is 2.96. The summed E-state index contributed by atoms with van der Waals surface area (Å²) in [5.41, 5.74) is 4.62. The van der Waals surface area contributed by atoms with E-state index in [2.05, 4.69) is 32.6 Å². The maximum atomic E-state index is 12.8. The minimum absolute atomic E-state index is 0.108. The number of methoxy groups -OCH3 is 1. The van der Waals surface area contributed by atoms with Crippen LogP contribution in [-0.4, -0.2) is 55.0 Å². The molecule has 6 nitrogen and oxygen atoms in total. The van der Waals surface area contributed by atoms with Crippen LogP contribution in [0, 0.1) is 0 Å². The predicted octanol–water partition coefficient (Wildman–Crippen LogP) is 6.14. The van der Waals surface area contributed by atoms with Crippen molar-refractivity contribution in [2.75, 3.05) is 43.9 Å². The Morgan fingerprint density at radius 3 is 2.00 bits per heavy atom. The van der Waals surface area contributed by atoms with Gasteiger partial charge in [0.15, 0.2) is 0 Å². The first-order valence-corrected chi connectivity index (χ1v) is 13.5. The minimum atomic E-state index is -0.108. The van der Waals surface area contributed by atoms with E-state index in [-0.39, 0.29) is 5.91 Å². The van der Waals surface area contributed by atoms with Crippen LogP contribution in [0.15, 0.2) is 72.8 Å². The van der Waals surface area contributed by atoms with E-state index in [1.807, 2.05) is 60.7 Å². The maximum Gasteiger partial charge on any atom is 0.255 e. The van der Waals surface area contributed by atoms with Crippen LogP contribution in [0.2, 0.25) is 0 Å². The zero-order valence-corrected chi connectivity index (χ0v) is 21.8. The Balaban J connectivity index is 1.08. The minimum Gasteiger partial charge on any atom is -0.497 e. The van der Waals surface area contributed by atoms with Gasteiger partial charge in [0.05, 0.1) is 7.11 Å². The fourth-order valence-corrected chi connectivity index (χ4v) is 5.43. The molecular weight excluding hydrogens is 460 g/mol. The molecule has 2 N–H and O–H groups in total. The molecule has 2 heterocycles. The average molecular weight is 499 g/mol. The molecule has 2 aliphatic heterocycles. The number of hydrogen-bond donors (Lipinski definition) is 2. The molecule has 0 saturated carbocycles. The van der Waals surface area contributed by atoms with E-state index in [0.29, 0.717) is 5.56 Å². The number of benzene rings is 3. The standard InChI is InChI=1S/C31H38N4O2/c1-37-30-15-13-27(14-16-30)32-26-11-7-25(8-12-26)31(36)33-28-9-5-24(6-10-28)23-34-21-17-29(18-22-34)35-19-3-2-4-20-35/h5-16,29,32H,2-4,17-23H2,1H3,(H,33,36). The molecule has 0 unspecified atom stereocenters. The summed E-state index contributed by atoms with van der Waals surface area (Å²) in [4.78, 5) is 18.1. The van der Waals surface area contributed by atoms with Crippen molar-refractivity contribution >= 4 is 23.0 Å².